The number of nitro groups is 2. The van der Waals surface area contributed by atoms with E-state index >= 15 is 0 Å². The van der Waals surface area contributed by atoms with Crippen molar-refractivity contribution in [2.45, 2.75) is 7.43 Å². The molecule has 1 radical (unpaired) electrons. The smallest absolute Gasteiger partial charge is 0.337 e. The van der Waals surface area contributed by atoms with Crippen LogP contribution in [0.4, 0.5) is 22.7 Å². The van der Waals surface area contributed by atoms with Crippen molar-refractivity contribution >= 4 is 185 Å². The van der Waals surface area contributed by atoms with Crippen molar-refractivity contribution in [2.24, 2.45) is 0 Å². The van der Waals surface area contributed by atoms with Crippen molar-refractivity contribution in [3.63, 3.8) is 0 Å². The monoisotopic (exact) mass is 1750 g/mol. The predicted octanol–water partition coefficient (Wildman–Crippen LogP) is 17.6. The van der Waals surface area contributed by atoms with Crippen LogP contribution in [-0.2, 0) is 49.1 Å². The number of rotatable bonds is 8. The number of halogens is 8. The number of benzene rings is 6. The molecule has 0 bridgehead atoms. The van der Waals surface area contributed by atoms with E-state index in [0.717, 1.165) is 34.6 Å². The molecule has 4 N–H and O–H groups in total. The van der Waals surface area contributed by atoms with Gasteiger partial charge in [0.05, 0.1) is 71.0 Å². The number of nitrogens with zero attached hydrogens (tertiary/aromatic N) is 2. The summed E-state index contributed by atoms with van der Waals surface area (Å²) in [5, 5.41) is 21.9. The minimum Gasteiger partial charge on any atom is -0.465 e. The van der Waals surface area contributed by atoms with Crippen LogP contribution in [0.15, 0.2) is 159 Å². The molecule has 12 nitrogen and oxygen atoms in total. The van der Waals surface area contributed by atoms with Crippen LogP contribution in [0, 0.1) is 51.3 Å². The Morgan fingerprint density at radius 2 is 0.908 bits per heavy atom. The molecule has 0 spiro atoms. The number of carbonyl (C=O) groups excluding carboxylic acids is 2. The van der Waals surface area contributed by atoms with Crippen molar-refractivity contribution in [1.29, 1.82) is 0 Å². The van der Waals surface area contributed by atoms with Gasteiger partial charge in [0.1, 0.15) is 0 Å². The summed E-state index contributed by atoms with van der Waals surface area (Å²) in [6.45, 7) is 0. The Bertz CT molecular complexity index is 3180. The first kappa shape index (κ1) is 73.9. The zero-order valence-corrected chi connectivity index (χ0v) is 55.5. The van der Waals surface area contributed by atoms with Crippen LogP contribution in [0.1, 0.15) is 61.5 Å². The molecule has 0 aromatic heterocycles. The van der Waals surface area contributed by atoms with Gasteiger partial charge in [0, 0.05) is 79.8 Å². The van der Waals surface area contributed by atoms with Crippen LogP contribution in [0.5, 0.6) is 0 Å². The van der Waals surface area contributed by atoms with E-state index < -0.39 is 15.8 Å². The normalized spacial score (nSPS) is 8.97. The maximum absolute atomic E-state index is 11.3. The topological polar surface area (TPSA) is 191 Å². The summed E-state index contributed by atoms with van der Waals surface area (Å²) in [7, 11) is 2.59. The number of carbonyl (C=O) groups is 2. The average molecular weight is 1760 g/mol. The fourth-order valence-corrected chi connectivity index (χ4v) is 7.81. The fourth-order valence-electron chi connectivity index (χ4n) is 5.57. The number of methoxy groups -OCH3 is 2. The molecule has 0 heterocycles. The second-order valence-electron chi connectivity index (χ2n) is 13.6. The van der Waals surface area contributed by atoms with Gasteiger partial charge in [-0.15, -0.1) is 0 Å². The minimum atomic E-state index is -0.541. The molecule has 0 saturated carbocycles. The van der Waals surface area contributed by atoms with Gasteiger partial charge < -0.3 is 28.4 Å². The van der Waals surface area contributed by atoms with E-state index in [4.69, 9.17) is 11.5 Å². The van der Waals surface area contributed by atoms with Gasteiger partial charge in [-0.2, -0.15) is 0 Å². The number of para-hydroxylation sites is 2. The van der Waals surface area contributed by atoms with Gasteiger partial charge in [0.2, 0.25) is 0 Å². The first-order valence-electron chi connectivity index (χ1n) is 20.0. The second-order valence-corrected chi connectivity index (χ2v) is 24.4. The molecule has 6 aromatic carbocycles. The van der Waals surface area contributed by atoms with Gasteiger partial charge in [-0.25, -0.2) is 9.59 Å². The Balaban J connectivity index is 0. The number of hydrogen-bond donors (Lipinski definition) is 2. The SMILES string of the molecule is C.COC(=O)c1ccc(N)c(C=C(Br)Br)c1.COC(=O)c1ccc([N+](=O)[O-])c(C=C(Br)Br)c1.Nc1ccccc1C(C#Cc1ccccc1)=C(Br)Br.O=[N+]([O-])c1ccccc1C(C#Cc1ccccc1)=C(Br)Br.[CH3-].[Pt].[V]. The van der Waals surface area contributed by atoms with Crippen LogP contribution in [0.2, 0.25) is 0 Å². The third-order valence-corrected chi connectivity index (χ3v) is 11.4. The van der Waals surface area contributed by atoms with Crippen LogP contribution in [-0.4, -0.2) is 36.0 Å². The molecule has 0 aliphatic rings. The van der Waals surface area contributed by atoms with E-state index in [1.54, 1.807) is 42.5 Å². The summed E-state index contributed by atoms with van der Waals surface area (Å²) in [6.07, 6.45) is 3.26. The number of nitrogens with two attached hydrogens (primary N) is 2. The molecule has 0 atom stereocenters. The van der Waals surface area contributed by atoms with Gasteiger partial charge in [0.25, 0.3) is 11.4 Å². The first-order valence-corrected chi connectivity index (χ1v) is 26.4. The fraction of sp³-hybridized carbons (Fsp3) is 0.0556. The van der Waals surface area contributed by atoms with E-state index in [9.17, 15) is 29.8 Å². The predicted molar refractivity (Wildman–Crippen MR) is 332 cm³/mol. The quantitative estimate of drug-likeness (QED) is 0.0370. The van der Waals surface area contributed by atoms with Crippen LogP contribution in [0.3, 0.4) is 0 Å². The van der Waals surface area contributed by atoms with Gasteiger partial charge in [0.15, 0.2) is 0 Å². The van der Waals surface area contributed by atoms with E-state index in [1.165, 1.54) is 44.6 Å². The first-order chi connectivity index (χ1) is 34.3. The summed E-state index contributed by atoms with van der Waals surface area (Å²) in [4.78, 5) is 43.5. The van der Waals surface area contributed by atoms with Crippen molar-refractivity contribution < 1.29 is 68.5 Å². The Morgan fingerprint density at radius 3 is 1.33 bits per heavy atom. The molecule has 6 rings (SSSR count). The Kier molecular flexibility index (Phi) is 38.2. The van der Waals surface area contributed by atoms with Crippen molar-refractivity contribution in [2.75, 3.05) is 25.7 Å². The van der Waals surface area contributed by atoms with Gasteiger partial charge in [-0.3, -0.25) is 20.2 Å². The van der Waals surface area contributed by atoms with E-state index in [-0.39, 0.29) is 77.4 Å². The summed E-state index contributed by atoms with van der Waals surface area (Å²) < 4.78 is 11.8. The van der Waals surface area contributed by atoms with Crippen LogP contribution >= 0.6 is 127 Å². The number of nitrogen functional groups attached to an aromatic ring is 2. The van der Waals surface area contributed by atoms with Crippen LogP contribution in [0.25, 0.3) is 23.3 Å². The maximum Gasteiger partial charge on any atom is 0.337 e. The number of allylic oxidation sites excluding steroid dienone is 2. The van der Waals surface area contributed by atoms with Gasteiger partial charge in [-0.05, 0) is 212 Å². The third kappa shape index (κ3) is 25.5. The van der Waals surface area contributed by atoms with Crippen molar-refractivity contribution in [3.8, 4) is 23.7 Å². The summed E-state index contributed by atoms with van der Waals surface area (Å²) in [5.41, 5.74) is 19.3. The largest absolute Gasteiger partial charge is 0.465 e. The number of esters is 2. The zero-order valence-electron chi connectivity index (χ0n) is 39.1. The molecule has 0 aliphatic carbocycles. The zero-order chi connectivity index (χ0) is 53.3. The third-order valence-electron chi connectivity index (χ3n) is 8.87. The molecule has 399 valence electrons. The number of anilines is 2. The van der Waals surface area contributed by atoms with Gasteiger partial charge >= 0.3 is 11.9 Å². The van der Waals surface area contributed by atoms with E-state index in [2.05, 4.69) is 161 Å². The van der Waals surface area contributed by atoms with Crippen molar-refractivity contribution in [3.05, 3.63) is 231 Å². The molecular formula is C54H43Br8N4O8PtV-. The maximum atomic E-state index is 11.3. The Hall–Kier alpha value is -4.15. The Labute approximate surface area is 535 Å². The summed E-state index contributed by atoms with van der Waals surface area (Å²) in [5.74, 6) is 11.3. The second kappa shape index (κ2) is 39.2. The summed E-state index contributed by atoms with van der Waals surface area (Å²) in [6, 6.07) is 42.5. The minimum absolute atomic E-state index is 0. The average Bonchev–Trinajstić information content (AvgIpc) is 3.35. The molecule has 0 amide bonds. The molecule has 0 saturated heterocycles. The number of hydrogen-bond acceptors (Lipinski definition) is 10. The van der Waals surface area contributed by atoms with Crippen molar-refractivity contribution in [1.82, 2.24) is 0 Å². The Morgan fingerprint density at radius 1 is 0.526 bits per heavy atom. The standard InChI is InChI=1S/C16H9Br2NO2.C16H11Br2N.C10H7Br2NO4.C10H9Br2NO2.CH4.CH3.Pt.V/c17-16(18)14(11-10-12-6-2-1-3-7-12)13-8-4-5-9-15(13)19(20)21;17-16(18)14(13-8-4-5-9-15(13)19)11-10-12-6-2-1-3-7-12;1-17-10(14)6-2-3-8(13(15)16)7(4-6)5-9(11)12;1-15-10(14)6-2-3-8(13)7(4-6)5-9(11)12;;;;/h1-9H;1-9H,19H2;2-5H,1H3;2-5H,13H2,1H3;1H4;1H3;;/q;;;;;-1;;. The molecule has 0 aliphatic heterocycles. The molecule has 22 heteroatoms. The van der Waals surface area contributed by atoms with E-state index in [1.807, 2.05) is 84.9 Å². The number of ether oxygens (including phenoxy) is 2. The molecule has 6 aromatic rings. The molecular weight excluding hydrogens is 1720 g/mol. The number of nitro benzene ring substituents is 2. The molecule has 0 fully saturated rings. The molecule has 76 heavy (non-hydrogen) atoms. The van der Waals surface area contributed by atoms with Gasteiger partial charge in [-0.1, -0.05) is 97.8 Å². The molecule has 0 unspecified atom stereocenters. The summed E-state index contributed by atoms with van der Waals surface area (Å²) >= 11 is 26.1. The van der Waals surface area contributed by atoms with Crippen LogP contribution < -0.4 is 11.5 Å². The van der Waals surface area contributed by atoms with E-state index in [0.29, 0.717) is 40.4 Å².